The number of nitrogens with one attached hydrogen (secondary N) is 1. The van der Waals surface area contributed by atoms with Crippen LogP contribution in [0.25, 0.3) is 0 Å². The van der Waals surface area contributed by atoms with Gasteiger partial charge in [-0.25, -0.2) is 13.6 Å². The number of nitrogens with two attached hydrogens (primary N) is 1. The SMILES string of the molecule is COC(=O)CCCCS(=O)(CCCCC(=O)OC)=NC(=O)c1cnc(N)c(C#Cc2cccc(NC(=O)c3cc(C(F)(F)F)ccc3F)c2)c1. The first-order chi connectivity index (χ1) is 23.6. The zero-order valence-electron chi connectivity index (χ0n) is 27.1. The first-order valence-corrected chi connectivity index (χ1v) is 17.0. The molecule has 0 saturated carbocycles. The second kappa shape index (κ2) is 17.9. The highest BCUT2D eigenvalue weighted by Crippen LogP contribution is 2.30. The van der Waals surface area contributed by atoms with Crippen molar-refractivity contribution < 1.29 is 50.4 Å². The largest absolute Gasteiger partial charge is 0.469 e. The first kappa shape index (κ1) is 39.1. The molecular weight excluding hydrogens is 684 g/mol. The Kier molecular flexibility index (Phi) is 14.0. The van der Waals surface area contributed by atoms with Crippen molar-refractivity contribution in [3.8, 4) is 11.8 Å². The summed E-state index contributed by atoms with van der Waals surface area (Å²) in [7, 11) is -0.593. The van der Waals surface area contributed by atoms with Crippen LogP contribution in [0.1, 0.15) is 75.9 Å². The number of hydrogen-bond acceptors (Lipinski definition) is 9. The molecule has 0 radical (unpaired) electrons. The van der Waals surface area contributed by atoms with E-state index in [1.807, 2.05) is 0 Å². The van der Waals surface area contributed by atoms with Crippen molar-refractivity contribution in [1.29, 1.82) is 0 Å². The minimum atomic E-state index is -4.77. The number of nitrogen functional groups attached to an aromatic ring is 1. The Morgan fingerprint density at radius 2 is 1.56 bits per heavy atom. The summed E-state index contributed by atoms with van der Waals surface area (Å²) >= 11 is 0. The molecular formula is C34H34F4N4O7S. The average Bonchev–Trinajstić information content (AvgIpc) is 3.07. The Bertz CT molecular complexity index is 1900. The molecule has 11 nitrogen and oxygen atoms in total. The molecule has 0 fully saturated rings. The van der Waals surface area contributed by atoms with Gasteiger partial charge in [0, 0.05) is 41.8 Å². The highest BCUT2D eigenvalue weighted by molar-refractivity contribution is 7.93. The fourth-order valence-corrected chi connectivity index (χ4v) is 6.48. The minimum Gasteiger partial charge on any atom is -0.469 e. The lowest BCUT2D eigenvalue weighted by atomic mass is 10.1. The van der Waals surface area contributed by atoms with Crippen LogP contribution in [0.3, 0.4) is 0 Å². The lowest BCUT2D eigenvalue weighted by molar-refractivity contribution is -0.141. The molecule has 0 atom stereocenters. The van der Waals surface area contributed by atoms with Crippen LogP contribution in [0.4, 0.5) is 29.1 Å². The van der Waals surface area contributed by atoms with Crippen molar-refractivity contribution in [3.63, 3.8) is 0 Å². The molecule has 0 saturated heterocycles. The lowest BCUT2D eigenvalue weighted by Crippen LogP contribution is -2.16. The number of aromatic nitrogens is 1. The van der Waals surface area contributed by atoms with E-state index in [0.29, 0.717) is 49.4 Å². The zero-order chi connectivity index (χ0) is 36.9. The quantitative estimate of drug-likeness (QED) is 0.0966. The number of anilines is 2. The van der Waals surface area contributed by atoms with E-state index in [1.54, 1.807) is 6.07 Å². The number of nitrogens with zero attached hydrogens (tertiary/aromatic N) is 2. The van der Waals surface area contributed by atoms with Crippen molar-refractivity contribution >= 4 is 45.0 Å². The van der Waals surface area contributed by atoms with Crippen LogP contribution in [0.15, 0.2) is 59.1 Å². The van der Waals surface area contributed by atoms with Crippen LogP contribution in [0.2, 0.25) is 0 Å². The molecule has 2 amide bonds. The predicted octanol–water partition coefficient (Wildman–Crippen LogP) is 5.77. The van der Waals surface area contributed by atoms with Gasteiger partial charge >= 0.3 is 18.1 Å². The van der Waals surface area contributed by atoms with Gasteiger partial charge < -0.3 is 20.5 Å². The maximum atomic E-state index is 14.2. The number of ether oxygens (including phenoxy) is 2. The normalized spacial score (nSPS) is 11.2. The number of carbonyl (C=O) groups excluding carboxylic acids is 4. The molecule has 0 aliphatic rings. The van der Waals surface area contributed by atoms with Gasteiger partial charge in [-0.15, -0.1) is 0 Å². The molecule has 266 valence electrons. The third kappa shape index (κ3) is 12.0. The number of hydrogen-bond donors (Lipinski definition) is 2. The van der Waals surface area contributed by atoms with E-state index in [4.69, 9.17) is 5.73 Å². The number of carbonyl (C=O) groups is 4. The Morgan fingerprint density at radius 3 is 2.16 bits per heavy atom. The van der Waals surface area contributed by atoms with E-state index in [-0.39, 0.29) is 47.0 Å². The van der Waals surface area contributed by atoms with E-state index in [2.05, 4.69) is 36.0 Å². The summed E-state index contributed by atoms with van der Waals surface area (Å²) in [5.41, 5.74) is 4.49. The van der Waals surface area contributed by atoms with Crippen molar-refractivity contribution in [2.75, 3.05) is 36.8 Å². The van der Waals surface area contributed by atoms with Crippen molar-refractivity contribution in [2.45, 2.75) is 44.7 Å². The first-order valence-electron chi connectivity index (χ1n) is 15.1. The minimum absolute atomic E-state index is 0.0241. The summed E-state index contributed by atoms with van der Waals surface area (Å²) in [6.45, 7) is 0. The lowest BCUT2D eigenvalue weighted by Gasteiger charge is -2.10. The molecule has 16 heteroatoms. The number of methoxy groups -OCH3 is 2. The summed E-state index contributed by atoms with van der Waals surface area (Å²) in [4.78, 5) is 52.7. The Labute approximate surface area is 286 Å². The van der Waals surface area contributed by atoms with Crippen LogP contribution in [-0.4, -0.2) is 58.7 Å². The van der Waals surface area contributed by atoms with E-state index in [9.17, 15) is 40.9 Å². The molecule has 1 aromatic heterocycles. The molecule has 0 aliphatic heterocycles. The molecule has 3 rings (SSSR count). The maximum Gasteiger partial charge on any atom is 0.416 e. The predicted molar refractivity (Wildman–Crippen MR) is 177 cm³/mol. The second-order valence-electron chi connectivity index (χ2n) is 10.8. The van der Waals surface area contributed by atoms with Crippen LogP contribution in [-0.2, 0) is 35.0 Å². The molecule has 1 heterocycles. The molecule has 0 aliphatic carbocycles. The van der Waals surface area contributed by atoms with E-state index in [0.717, 1.165) is 6.20 Å². The van der Waals surface area contributed by atoms with Gasteiger partial charge in [-0.1, -0.05) is 17.9 Å². The third-order valence-corrected chi connectivity index (χ3v) is 9.41. The van der Waals surface area contributed by atoms with Crippen LogP contribution in [0, 0.1) is 17.7 Å². The number of rotatable bonds is 13. The number of unbranched alkanes of at least 4 members (excludes halogenated alkanes) is 2. The average molecular weight is 719 g/mol. The summed E-state index contributed by atoms with van der Waals surface area (Å²) in [5, 5.41) is 2.35. The standard InChI is InChI=1S/C34H34F4N4O7S/c1-48-29(43)10-3-5-16-50(47,17-6-4-11-30(44)49-2)42-32(45)24-19-23(31(39)40-21-24)13-12-22-8-7-9-26(18-22)41-33(46)27-20-25(34(36,37)38)14-15-28(27)35/h7-9,14-15,18-21H,3-6,10-11,16-17H2,1-2H3,(H2,39,40)(H,41,46). The van der Waals surface area contributed by atoms with Gasteiger partial charge in [-0.2, -0.15) is 17.5 Å². The van der Waals surface area contributed by atoms with Gasteiger partial charge in [-0.05, 0) is 68.1 Å². The summed E-state index contributed by atoms with van der Waals surface area (Å²) in [6.07, 6.45) is -2.02. The molecule has 0 bridgehead atoms. The van der Waals surface area contributed by atoms with Gasteiger partial charge in [0.25, 0.3) is 11.8 Å². The van der Waals surface area contributed by atoms with E-state index < -0.39 is 56.6 Å². The number of amides is 2. The van der Waals surface area contributed by atoms with Gasteiger partial charge in [0.05, 0.1) is 46.2 Å². The van der Waals surface area contributed by atoms with Crippen molar-refractivity contribution in [1.82, 2.24) is 4.98 Å². The molecule has 2 aromatic carbocycles. The fourth-order valence-electron chi connectivity index (χ4n) is 4.38. The molecule has 0 spiro atoms. The number of benzene rings is 2. The summed E-state index contributed by atoms with van der Waals surface area (Å²) < 4.78 is 80.4. The Morgan fingerprint density at radius 1 is 0.920 bits per heavy atom. The topological polar surface area (TPSA) is 167 Å². The number of halogens is 4. The Balaban J connectivity index is 1.81. The van der Waals surface area contributed by atoms with Crippen molar-refractivity contribution in [2.24, 2.45) is 4.36 Å². The second-order valence-corrected chi connectivity index (χ2v) is 13.3. The number of alkyl halides is 3. The number of esters is 2. The van der Waals surface area contributed by atoms with Crippen molar-refractivity contribution in [3.05, 3.63) is 88.4 Å². The summed E-state index contributed by atoms with van der Waals surface area (Å²) in [5.74, 6) is 1.63. The van der Waals surface area contributed by atoms with E-state index >= 15 is 0 Å². The molecule has 50 heavy (non-hydrogen) atoms. The Hall–Kier alpha value is -5.30. The van der Waals surface area contributed by atoms with Gasteiger partial charge in [0.2, 0.25) is 0 Å². The van der Waals surface area contributed by atoms with Crippen LogP contribution >= 0.6 is 0 Å². The maximum absolute atomic E-state index is 14.2. The van der Waals surface area contributed by atoms with Gasteiger partial charge in [0.15, 0.2) is 0 Å². The van der Waals surface area contributed by atoms with E-state index in [1.165, 1.54) is 38.5 Å². The van der Waals surface area contributed by atoms with Crippen LogP contribution in [0.5, 0.6) is 0 Å². The molecule has 3 N–H and O–H groups in total. The third-order valence-electron chi connectivity index (χ3n) is 7.06. The van der Waals surface area contributed by atoms with Gasteiger partial charge in [0.1, 0.15) is 11.6 Å². The number of pyridine rings is 1. The molecule has 0 unspecified atom stereocenters. The van der Waals surface area contributed by atoms with Gasteiger partial charge in [-0.3, -0.25) is 19.2 Å². The zero-order valence-corrected chi connectivity index (χ0v) is 27.9. The molecule has 3 aromatic rings. The highest BCUT2D eigenvalue weighted by atomic mass is 32.2. The summed E-state index contributed by atoms with van der Waals surface area (Å²) in [6, 6.07) is 8.69. The monoisotopic (exact) mass is 718 g/mol. The smallest absolute Gasteiger partial charge is 0.416 e. The highest BCUT2D eigenvalue weighted by Gasteiger charge is 2.32. The fraction of sp³-hybridized carbons (Fsp3) is 0.324. The van der Waals surface area contributed by atoms with Crippen LogP contribution < -0.4 is 11.1 Å².